The number of fused-ring (bicyclic) bond motifs is 1. The van der Waals surface area contributed by atoms with Gasteiger partial charge < -0.3 is 15.0 Å². The van der Waals surface area contributed by atoms with Crippen LogP contribution in [0.15, 0.2) is 36.8 Å². The lowest BCUT2D eigenvalue weighted by molar-refractivity contribution is 0.0940. The molecule has 3 unspecified atom stereocenters. The minimum absolute atomic E-state index is 0.143. The zero-order valence-corrected chi connectivity index (χ0v) is 19.4. The van der Waals surface area contributed by atoms with Gasteiger partial charge in [-0.05, 0) is 56.0 Å². The molecule has 3 aromatic heterocycles. The summed E-state index contributed by atoms with van der Waals surface area (Å²) in [7, 11) is 2.62. The Morgan fingerprint density at radius 3 is 2.88 bits per heavy atom. The standard InChI is InChI=1S/C23H29N6O2P/c1-15-3-2-9-28(15)20-8-10-29-22(27-20)19(13-26-29)23(30)25-11-17(16-4-5-16)14-31-21-7-6-18(32)12-24-21/h6-8,10,12-13,15-17H,2-5,9,11,14,32H2,1H3,(H,25,30). The summed E-state index contributed by atoms with van der Waals surface area (Å²) >= 11 is 0. The molecular formula is C23H29N6O2P. The molecule has 0 bridgehead atoms. The highest BCUT2D eigenvalue weighted by molar-refractivity contribution is 7.27. The number of hydrogen-bond donors (Lipinski definition) is 1. The molecule has 32 heavy (non-hydrogen) atoms. The molecule has 8 nitrogen and oxygen atoms in total. The van der Waals surface area contributed by atoms with Gasteiger partial charge in [0.2, 0.25) is 5.88 Å². The highest BCUT2D eigenvalue weighted by Crippen LogP contribution is 2.36. The number of hydrogen-bond acceptors (Lipinski definition) is 6. The predicted octanol–water partition coefficient (Wildman–Crippen LogP) is 2.45. The summed E-state index contributed by atoms with van der Waals surface area (Å²) in [6.45, 7) is 4.31. The first-order chi connectivity index (χ1) is 15.6. The molecule has 2 aliphatic rings. The van der Waals surface area contributed by atoms with Crippen molar-refractivity contribution in [3.63, 3.8) is 0 Å². The normalized spacial score (nSPS) is 19.3. The van der Waals surface area contributed by atoms with Crippen LogP contribution < -0.4 is 20.3 Å². The lowest BCUT2D eigenvalue weighted by Gasteiger charge is -2.22. The first-order valence-corrected chi connectivity index (χ1v) is 11.9. The van der Waals surface area contributed by atoms with Crippen molar-refractivity contribution in [2.75, 3.05) is 24.6 Å². The fourth-order valence-electron chi connectivity index (χ4n) is 4.37. The third-order valence-corrected chi connectivity index (χ3v) is 6.81. The van der Waals surface area contributed by atoms with Gasteiger partial charge in [0, 0.05) is 43.5 Å². The second-order valence-electron chi connectivity index (χ2n) is 8.85. The number of rotatable bonds is 8. The van der Waals surface area contributed by atoms with Crippen molar-refractivity contribution in [1.82, 2.24) is 24.9 Å². The third kappa shape index (κ3) is 4.56. The molecule has 1 saturated carbocycles. The second-order valence-corrected chi connectivity index (χ2v) is 9.51. The van der Waals surface area contributed by atoms with Crippen molar-refractivity contribution >= 4 is 31.9 Å². The number of nitrogens with one attached hydrogen (secondary N) is 1. The lowest BCUT2D eigenvalue weighted by atomic mass is 10.1. The van der Waals surface area contributed by atoms with E-state index in [1.165, 1.54) is 25.7 Å². The predicted molar refractivity (Wildman–Crippen MR) is 127 cm³/mol. The van der Waals surface area contributed by atoms with Crippen LogP contribution in [0.1, 0.15) is 43.0 Å². The van der Waals surface area contributed by atoms with Crippen molar-refractivity contribution in [2.24, 2.45) is 11.8 Å². The molecule has 4 heterocycles. The maximum atomic E-state index is 13.0. The van der Waals surface area contributed by atoms with E-state index in [0.29, 0.717) is 42.2 Å². The van der Waals surface area contributed by atoms with Crippen molar-refractivity contribution in [3.05, 3.63) is 42.4 Å². The average molecular weight is 452 g/mol. The van der Waals surface area contributed by atoms with Crippen LogP contribution in [0.25, 0.3) is 5.65 Å². The Balaban J connectivity index is 1.25. The number of pyridine rings is 1. The van der Waals surface area contributed by atoms with Crippen LogP contribution in [-0.2, 0) is 0 Å². The van der Waals surface area contributed by atoms with Crippen molar-refractivity contribution < 1.29 is 9.53 Å². The molecule has 1 amide bonds. The van der Waals surface area contributed by atoms with Crippen LogP contribution in [-0.4, -0.2) is 51.2 Å². The summed E-state index contributed by atoms with van der Waals surface area (Å²) in [5.74, 6) is 2.22. The zero-order valence-electron chi connectivity index (χ0n) is 18.3. The van der Waals surface area contributed by atoms with Crippen LogP contribution in [0.5, 0.6) is 5.88 Å². The Morgan fingerprint density at radius 2 is 2.16 bits per heavy atom. The van der Waals surface area contributed by atoms with E-state index >= 15 is 0 Å². The summed E-state index contributed by atoms with van der Waals surface area (Å²) in [5, 5.41) is 8.44. The smallest absolute Gasteiger partial charge is 0.256 e. The van der Waals surface area contributed by atoms with E-state index in [1.807, 2.05) is 24.4 Å². The van der Waals surface area contributed by atoms with Gasteiger partial charge in [-0.1, -0.05) is 0 Å². The Hall–Kier alpha value is -2.73. The third-order valence-electron chi connectivity index (χ3n) is 6.46. The van der Waals surface area contributed by atoms with Gasteiger partial charge >= 0.3 is 0 Å². The Labute approximate surface area is 190 Å². The molecule has 3 atom stereocenters. The lowest BCUT2D eigenvalue weighted by Crippen LogP contribution is -2.33. The number of carbonyl (C=O) groups is 1. The molecule has 1 N–H and O–H groups in total. The number of ether oxygens (including phenoxy) is 1. The van der Waals surface area contributed by atoms with Crippen molar-refractivity contribution in [1.29, 1.82) is 0 Å². The summed E-state index contributed by atoms with van der Waals surface area (Å²) in [6.07, 6.45) is 9.95. The highest BCUT2D eigenvalue weighted by Gasteiger charge is 2.32. The molecule has 0 aromatic carbocycles. The van der Waals surface area contributed by atoms with Gasteiger partial charge in [0.15, 0.2) is 5.65 Å². The molecule has 3 aromatic rings. The maximum absolute atomic E-state index is 13.0. The van der Waals surface area contributed by atoms with Crippen LogP contribution >= 0.6 is 9.24 Å². The van der Waals surface area contributed by atoms with Gasteiger partial charge in [0.05, 0.1) is 12.8 Å². The topological polar surface area (TPSA) is 84.7 Å². The molecule has 9 heteroatoms. The summed E-state index contributed by atoms with van der Waals surface area (Å²) in [6, 6.07) is 6.26. The molecule has 0 spiro atoms. The van der Waals surface area contributed by atoms with Gasteiger partial charge in [0.1, 0.15) is 11.4 Å². The monoisotopic (exact) mass is 452 g/mol. The molecule has 1 saturated heterocycles. The number of anilines is 1. The van der Waals surface area contributed by atoms with Crippen molar-refractivity contribution in [2.45, 2.75) is 38.6 Å². The van der Waals surface area contributed by atoms with Gasteiger partial charge in [0.25, 0.3) is 5.91 Å². The first-order valence-electron chi connectivity index (χ1n) is 11.3. The molecule has 0 radical (unpaired) electrons. The largest absolute Gasteiger partial charge is 0.477 e. The minimum Gasteiger partial charge on any atom is -0.477 e. The fourth-order valence-corrected chi connectivity index (χ4v) is 4.54. The fraction of sp³-hybridized carbons (Fsp3) is 0.478. The van der Waals surface area contributed by atoms with Crippen LogP contribution in [0.2, 0.25) is 0 Å². The molecule has 5 rings (SSSR count). The minimum atomic E-state index is -0.143. The van der Waals surface area contributed by atoms with Gasteiger partial charge in [-0.2, -0.15) is 5.10 Å². The number of aromatic nitrogens is 4. The van der Waals surface area contributed by atoms with E-state index in [2.05, 4.69) is 36.5 Å². The van der Waals surface area contributed by atoms with E-state index < -0.39 is 0 Å². The van der Waals surface area contributed by atoms with Gasteiger partial charge in [-0.3, -0.25) is 4.79 Å². The number of carbonyl (C=O) groups excluding carboxylic acids is 1. The Kier molecular flexibility index (Phi) is 5.96. The molecule has 168 valence electrons. The summed E-state index contributed by atoms with van der Waals surface area (Å²) < 4.78 is 7.56. The van der Waals surface area contributed by atoms with Crippen LogP contribution in [0.3, 0.4) is 0 Å². The van der Waals surface area contributed by atoms with Gasteiger partial charge in [-0.25, -0.2) is 14.5 Å². The second kappa shape index (κ2) is 9.02. The van der Waals surface area contributed by atoms with E-state index in [9.17, 15) is 4.79 Å². The van der Waals surface area contributed by atoms with Crippen LogP contribution in [0, 0.1) is 11.8 Å². The molecule has 2 fully saturated rings. The average Bonchev–Trinajstić information content (AvgIpc) is 3.41. The SMILES string of the molecule is CC1CCCN1c1ccn2ncc(C(=O)NCC(COc3ccc(P)cn3)C3CC3)c2n1. The van der Waals surface area contributed by atoms with E-state index in [-0.39, 0.29) is 11.8 Å². The van der Waals surface area contributed by atoms with Crippen molar-refractivity contribution in [3.8, 4) is 5.88 Å². The van der Waals surface area contributed by atoms with E-state index in [0.717, 1.165) is 17.7 Å². The van der Waals surface area contributed by atoms with Gasteiger partial charge in [-0.15, -0.1) is 9.24 Å². The van der Waals surface area contributed by atoms with E-state index in [1.54, 1.807) is 16.9 Å². The number of amides is 1. The maximum Gasteiger partial charge on any atom is 0.256 e. The number of nitrogens with zero attached hydrogens (tertiary/aromatic N) is 5. The highest BCUT2D eigenvalue weighted by atomic mass is 31.0. The zero-order chi connectivity index (χ0) is 22.1. The summed E-state index contributed by atoms with van der Waals surface area (Å²) in [5.41, 5.74) is 1.10. The molecular weight excluding hydrogens is 423 g/mol. The van der Waals surface area contributed by atoms with Crippen LogP contribution in [0.4, 0.5) is 5.82 Å². The first kappa shape index (κ1) is 21.1. The quantitative estimate of drug-likeness (QED) is 0.529. The summed E-state index contributed by atoms with van der Waals surface area (Å²) in [4.78, 5) is 24.4. The Bertz CT molecular complexity index is 1100. The molecule has 1 aliphatic heterocycles. The Morgan fingerprint density at radius 1 is 1.28 bits per heavy atom. The molecule has 1 aliphatic carbocycles. The van der Waals surface area contributed by atoms with E-state index in [4.69, 9.17) is 9.72 Å².